The molecule has 2 aliphatic rings. The number of rotatable bonds is 4. The van der Waals surface area contributed by atoms with Crippen molar-refractivity contribution in [2.45, 2.75) is 38.5 Å². The zero-order valence-electron chi connectivity index (χ0n) is 15.1. The number of methoxy groups -OCH3 is 1. The summed E-state index contributed by atoms with van der Waals surface area (Å²) in [5.74, 6) is -0.832. The zero-order valence-corrected chi connectivity index (χ0v) is 16.6. The van der Waals surface area contributed by atoms with E-state index in [-0.39, 0.29) is 22.1 Å². The van der Waals surface area contributed by atoms with Crippen molar-refractivity contribution >= 4 is 35.1 Å². The number of carbonyl (C=O) groups is 2. The van der Waals surface area contributed by atoms with Gasteiger partial charge in [0.25, 0.3) is 0 Å². The van der Waals surface area contributed by atoms with Gasteiger partial charge < -0.3 is 19.0 Å². The second-order valence-electron chi connectivity index (χ2n) is 6.64. The van der Waals surface area contributed by atoms with Crippen molar-refractivity contribution < 1.29 is 28.6 Å². The molecule has 2 heterocycles. The fourth-order valence-electron chi connectivity index (χ4n) is 2.99. The van der Waals surface area contributed by atoms with Crippen LogP contribution in [-0.2, 0) is 19.2 Å². The van der Waals surface area contributed by atoms with Crippen molar-refractivity contribution in [1.82, 2.24) is 5.06 Å². The highest BCUT2D eigenvalue weighted by atomic mass is 35.5. The van der Waals surface area contributed by atoms with Crippen molar-refractivity contribution in [1.29, 1.82) is 0 Å². The quantitative estimate of drug-likeness (QED) is 0.696. The molecular formula is C18H19Cl2NO6. The summed E-state index contributed by atoms with van der Waals surface area (Å²) in [5, 5.41) is 1.96. The number of fused-ring (bicyclic) bond motifs is 1. The minimum atomic E-state index is -1.26. The van der Waals surface area contributed by atoms with E-state index in [1.165, 1.54) is 24.3 Å². The summed E-state index contributed by atoms with van der Waals surface area (Å²) in [6, 6.07) is 3.02. The Labute approximate surface area is 166 Å². The molecule has 0 saturated carbocycles. The number of benzene rings is 1. The molecule has 0 aliphatic carbocycles. The van der Waals surface area contributed by atoms with Crippen molar-refractivity contribution in [3.63, 3.8) is 0 Å². The van der Waals surface area contributed by atoms with Crippen LogP contribution in [0, 0.1) is 0 Å². The molecule has 0 aromatic heterocycles. The van der Waals surface area contributed by atoms with Crippen LogP contribution in [-0.4, -0.2) is 42.5 Å². The summed E-state index contributed by atoms with van der Waals surface area (Å²) in [7, 11) is 1.43. The minimum Gasteiger partial charge on any atom is -0.491 e. The molecule has 0 N–H and O–H groups in total. The van der Waals surface area contributed by atoms with E-state index in [0.717, 1.165) is 12.5 Å². The molecule has 0 bridgehead atoms. The van der Waals surface area contributed by atoms with Gasteiger partial charge in [-0.2, -0.15) is 0 Å². The number of ether oxygens (including phenoxy) is 3. The molecule has 1 aromatic rings. The van der Waals surface area contributed by atoms with Gasteiger partial charge in [0.05, 0.1) is 17.7 Å². The van der Waals surface area contributed by atoms with Crippen LogP contribution in [0.25, 0.3) is 0 Å². The predicted molar refractivity (Wildman–Crippen MR) is 97.7 cm³/mol. The number of esters is 1. The highest BCUT2D eigenvalue weighted by Crippen LogP contribution is 2.41. The Morgan fingerprint density at radius 3 is 2.70 bits per heavy atom. The van der Waals surface area contributed by atoms with E-state index in [1.54, 1.807) is 13.8 Å². The maximum absolute atomic E-state index is 12.7. The Balaban J connectivity index is 1.93. The topological polar surface area (TPSA) is 74.3 Å². The Kier molecular flexibility index (Phi) is 5.55. The van der Waals surface area contributed by atoms with Crippen LogP contribution in [0.3, 0.4) is 0 Å². The van der Waals surface area contributed by atoms with Gasteiger partial charge in [-0.25, -0.2) is 9.59 Å². The molecule has 0 spiro atoms. The van der Waals surface area contributed by atoms with E-state index in [1.807, 2.05) is 0 Å². The predicted octanol–water partition coefficient (Wildman–Crippen LogP) is 3.52. The third-order valence-electron chi connectivity index (χ3n) is 4.28. The Hall–Kier alpha value is -1.96. The SMILES string of the molecule is COc1c(Cl)cc(Cl)cc1OC(C)(C)/C1=C\C(=O)OC2CCCN2OC1=O. The van der Waals surface area contributed by atoms with Crippen LogP contribution in [0.2, 0.25) is 10.0 Å². The van der Waals surface area contributed by atoms with Crippen LogP contribution in [0.5, 0.6) is 11.5 Å². The Morgan fingerprint density at radius 1 is 1.26 bits per heavy atom. The molecular weight excluding hydrogens is 397 g/mol. The summed E-state index contributed by atoms with van der Waals surface area (Å²) in [6.45, 7) is 3.73. The molecule has 1 saturated heterocycles. The lowest BCUT2D eigenvalue weighted by Crippen LogP contribution is -2.43. The number of halogens is 2. The molecule has 2 aliphatic heterocycles. The standard InChI is InChI=1S/C18H19Cl2NO6/c1-18(2,26-13-8-10(19)7-12(20)16(13)24-3)11-9-15(22)25-14-5-4-6-21(14)27-17(11)23/h7-9,14H,4-6H2,1-3H3/b11-9-. The monoisotopic (exact) mass is 415 g/mol. The summed E-state index contributed by atoms with van der Waals surface area (Å²) in [6.07, 6.45) is 1.91. The molecule has 27 heavy (non-hydrogen) atoms. The van der Waals surface area contributed by atoms with Crippen LogP contribution in [0.15, 0.2) is 23.8 Å². The molecule has 1 unspecified atom stereocenters. The van der Waals surface area contributed by atoms with Gasteiger partial charge in [0.1, 0.15) is 5.60 Å². The van der Waals surface area contributed by atoms with Crippen LogP contribution in [0.4, 0.5) is 0 Å². The third-order valence-corrected chi connectivity index (χ3v) is 4.78. The first-order valence-electron chi connectivity index (χ1n) is 8.35. The summed E-state index contributed by atoms with van der Waals surface area (Å²) in [4.78, 5) is 30.3. The van der Waals surface area contributed by atoms with Gasteiger partial charge in [0.2, 0.25) is 0 Å². The van der Waals surface area contributed by atoms with Gasteiger partial charge in [-0.05, 0) is 26.3 Å². The smallest absolute Gasteiger partial charge is 0.357 e. The second-order valence-corrected chi connectivity index (χ2v) is 7.49. The lowest BCUT2D eigenvalue weighted by Gasteiger charge is -2.32. The van der Waals surface area contributed by atoms with E-state index < -0.39 is 23.8 Å². The number of nitrogens with zero attached hydrogens (tertiary/aromatic N) is 1. The zero-order chi connectivity index (χ0) is 19.8. The summed E-state index contributed by atoms with van der Waals surface area (Å²) < 4.78 is 16.6. The van der Waals surface area contributed by atoms with Gasteiger partial charge in [0.15, 0.2) is 17.7 Å². The fraction of sp³-hybridized carbons (Fsp3) is 0.444. The van der Waals surface area contributed by atoms with Gasteiger partial charge in [0, 0.05) is 30.1 Å². The highest BCUT2D eigenvalue weighted by molar-refractivity contribution is 6.35. The Morgan fingerprint density at radius 2 is 2.00 bits per heavy atom. The van der Waals surface area contributed by atoms with Crippen molar-refractivity contribution in [2.75, 3.05) is 13.7 Å². The maximum atomic E-state index is 12.7. The van der Waals surface area contributed by atoms with Crippen molar-refractivity contribution in [2.24, 2.45) is 0 Å². The maximum Gasteiger partial charge on any atom is 0.357 e. The van der Waals surface area contributed by atoms with Crippen LogP contribution < -0.4 is 9.47 Å². The van der Waals surface area contributed by atoms with E-state index in [4.69, 9.17) is 42.3 Å². The largest absolute Gasteiger partial charge is 0.491 e. The molecule has 146 valence electrons. The molecule has 1 aromatic carbocycles. The average Bonchev–Trinajstić information content (AvgIpc) is 2.96. The van der Waals surface area contributed by atoms with E-state index in [0.29, 0.717) is 18.0 Å². The van der Waals surface area contributed by atoms with Crippen molar-refractivity contribution in [3.8, 4) is 11.5 Å². The molecule has 1 atom stereocenters. The first-order valence-corrected chi connectivity index (χ1v) is 9.10. The average molecular weight is 416 g/mol. The van der Waals surface area contributed by atoms with Crippen molar-refractivity contribution in [3.05, 3.63) is 33.8 Å². The number of hydrogen-bond donors (Lipinski definition) is 0. The van der Waals surface area contributed by atoms with Gasteiger partial charge >= 0.3 is 11.9 Å². The minimum absolute atomic E-state index is 0.00370. The number of hydroxylamine groups is 2. The fourth-order valence-corrected chi connectivity index (χ4v) is 3.54. The lowest BCUT2D eigenvalue weighted by atomic mass is 9.97. The normalized spacial score (nSPS) is 22.7. The first-order chi connectivity index (χ1) is 12.7. The molecule has 1 fully saturated rings. The van der Waals surface area contributed by atoms with Gasteiger partial charge in [-0.3, -0.25) is 0 Å². The molecule has 7 nitrogen and oxygen atoms in total. The van der Waals surface area contributed by atoms with E-state index in [2.05, 4.69) is 0 Å². The lowest BCUT2D eigenvalue weighted by molar-refractivity contribution is -0.227. The second kappa shape index (κ2) is 7.58. The summed E-state index contributed by atoms with van der Waals surface area (Å²) in [5.41, 5.74) is -1.26. The van der Waals surface area contributed by atoms with E-state index >= 15 is 0 Å². The molecule has 0 radical (unpaired) electrons. The van der Waals surface area contributed by atoms with Gasteiger partial charge in [-0.1, -0.05) is 28.3 Å². The third kappa shape index (κ3) is 4.15. The van der Waals surface area contributed by atoms with Crippen LogP contribution in [0.1, 0.15) is 26.7 Å². The Bertz CT molecular complexity index is 807. The number of carbonyl (C=O) groups excluding carboxylic acids is 2. The van der Waals surface area contributed by atoms with Gasteiger partial charge in [-0.15, -0.1) is 0 Å². The molecule has 3 rings (SSSR count). The molecule has 9 heteroatoms. The van der Waals surface area contributed by atoms with E-state index in [9.17, 15) is 9.59 Å². The first kappa shape index (κ1) is 19.8. The summed E-state index contributed by atoms with van der Waals surface area (Å²) >= 11 is 12.2. The highest BCUT2D eigenvalue weighted by Gasteiger charge is 2.40. The number of hydrogen-bond acceptors (Lipinski definition) is 7. The molecule has 0 amide bonds. The van der Waals surface area contributed by atoms with Crippen LogP contribution >= 0.6 is 23.2 Å².